The Hall–Kier alpha value is -2.93. The molecule has 1 aliphatic rings. The van der Waals surface area contributed by atoms with Crippen molar-refractivity contribution in [2.45, 2.75) is 13.2 Å². The van der Waals surface area contributed by atoms with Gasteiger partial charge >= 0.3 is 0 Å². The molecule has 8 heteroatoms. The van der Waals surface area contributed by atoms with E-state index in [1.165, 1.54) is 4.90 Å². The molecule has 0 spiro atoms. The second kappa shape index (κ2) is 10.3. The van der Waals surface area contributed by atoms with Crippen molar-refractivity contribution in [2.75, 3.05) is 7.11 Å². The molecule has 0 saturated carbocycles. The number of thioether (sulfide) groups is 1. The number of benzene rings is 3. The Kier molecular flexibility index (Phi) is 7.28. The number of hydrogen-bond donors (Lipinski definition) is 0. The average Bonchev–Trinajstić information content (AvgIpc) is 3.07. The standard InChI is InChI=1S/C25H19Cl2NO4S/c1-31-21-11-6-18(12-22(21)32-15-17-4-9-20(27)10-5-17)13-23-24(29)28(25(30)33-23)14-16-2-7-19(26)8-3-16/h2-13H,14-15H2,1H3/b23-13-. The van der Waals surface area contributed by atoms with Gasteiger partial charge in [0, 0.05) is 10.0 Å². The molecule has 3 aromatic carbocycles. The third-order valence-electron chi connectivity index (χ3n) is 4.92. The minimum atomic E-state index is -0.334. The van der Waals surface area contributed by atoms with Crippen LogP contribution in [0.3, 0.4) is 0 Å². The summed E-state index contributed by atoms with van der Waals surface area (Å²) in [5, 5.41) is 0.943. The van der Waals surface area contributed by atoms with Crippen molar-refractivity contribution in [3.63, 3.8) is 0 Å². The smallest absolute Gasteiger partial charge is 0.293 e. The Morgan fingerprint density at radius 2 is 1.52 bits per heavy atom. The van der Waals surface area contributed by atoms with E-state index in [9.17, 15) is 9.59 Å². The number of nitrogens with zero attached hydrogens (tertiary/aromatic N) is 1. The number of rotatable bonds is 7. The molecular formula is C25H19Cl2NO4S. The topological polar surface area (TPSA) is 55.8 Å². The molecule has 0 radical (unpaired) electrons. The van der Waals surface area contributed by atoms with Crippen LogP contribution in [0.5, 0.6) is 11.5 Å². The van der Waals surface area contributed by atoms with Crippen molar-refractivity contribution < 1.29 is 19.1 Å². The number of ether oxygens (including phenoxy) is 2. The van der Waals surface area contributed by atoms with Gasteiger partial charge in [0.05, 0.1) is 18.6 Å². The lowest BCUT2D eigenvalue weighted by atomic mass is 10.1. The van der Waals surface area contributed by atoms with Crippen LogP contribution in [-0.4, -0.2) is 23.2 Å². The Bertz CT molecular complexity index is 1210. The number of carbonyl (C=O) groups excluding carboxylic acids is 2. The third-order valence-corrected chi connectivity index (χ3v) is 6.33. The number of carbonyl (C=O) groups is 2. The zero-order valence-electron chi connectivity index (χ0n) is 17.6. The van der Waals surface area contributed by atoms with Gasteiger partial charge in [-0.1, -0.05) is 53.5 Å². The molecule has 0 bridgehead atoms. The molecule has 5 nitrogen and oxygen atoms in total. The fourth-order valence-electron chi connectivity index (χ4n) is 3.20. The van der Waals surface area contributed by atoms with Crippen LogP contribution < -0.4 is 9.47 Å². The van der Waals surface area contributed by atoms with Gasteiger partial charge in [-0.2, -0.15) is 0 Å². The summed E-state index contributed by atoms with van der Waals surface area (Å²) in [4.78, 5) is 26.9. The quantitative estimate of drug-likeness (QED) is 0.334. The summed E-state index contributed by atoms with van der Waals surface area (Å²) in [6.07, 6.45) is 1.68. The van der Waals surface area contributed by atoms with E-state index in [1.807, 2.05) is 12.1 Å². The molecule has 0 N–H and O–H groups in total. The molecule has 0 unspecified atom stereocenters. The number of amides is 2. The molecule has 0 atom stereocenters. The first-order valence-corrected chi connectivity index (χ1v) is 11.6. The van der Waals surface area contributed by atoms with Gasteiger partial charge in [0.1, 0.15) is 6.61 Å². The minimum absolute atomic E-state index is 0.192. The molecule has 168 valence electrons. The van der Waals surface area contributed by atoms with E-state index in [4.69, 9.17) is 32.7 Å². The zero-order chi connectivity index (χ0) is 23.4. The normalized spacial score (nSPS) is 14.8. The first-order chi connectivity index (χ1) is 15.9. The van der Waals surface area contributed by atoms with E-state index in [0.717, 1.165) is 28.5 Å². The Morgan fingerprint density at radius 3 is 2.15 bits per heavy atom. The summed E-state index contributed by atoms with van der Waals surface area (Å²) < 4.78 is 11.3. The maximum atomic E-state index is 12.9. The SMILES string of the molecule is COc1ccc(/C=C2\SC(=O)N(Cc3ccc(Cl)cc3)C2=O)cc1OCc1ccc(Cl)cc1. The van der Waals surface area contributed by atoms with Crippen LogP contribution >= 0.6 is 35.0 Å². The van der Waals surface area contributed by atoms with Crippen LogP contribution in [0.25, 0.3) is 6.08 Å². The monoisotopic (exact) mass is 499 g/mol. The molecule has 33 heavy (non-hydrogen) atoms. The van der Waals surface area contributed by atoms with Gasteiger partial charge < -0.3 is 9.47 Å². The first kappa shape index (κ1) is 23.2. The first-order valence-electron chi connectivity index (χ1n) is 9.98. The maximum absolute atomic E-state index is 12.9. The Labute approximate surface area is 205 Å². The lowest BCUT2D eigenvalue weighted by molar-refractivity contribution is -0.123. The van der Waals surface area contributed by atoms with Crippen LogP contribution in [-0.2, 0) is 17.9 Å². The number of imide groups is 1. The number of halogens is 2. The van der Waals surface area contributed by atoms with Crippen molar-refractivity contribution in [3.8, 4) is 11.5 Å². The molecule has 1 saturated heterocycles. The lowest BCUT2D eigenvalue weighted by Crippen LogP contribution is -2.27. The van der Waals surface area contributed by atoms with Crippen molar-refractivity contribution in [1.29, 1.82) is 0 Å². The van der Waals surface area contributed by atoms with Crippen LogP contribution in [0.2, 0.25) is 10.0 Å². The fourth-order valence-corrected chi connectivity index (χ4v) is 4.29. The van der Waals surface area contributed by atoms with Crippen LogP contribution in [0.4, 0.5) is 4.79 Å². The van der Waals surface area contributed by atoms with Gasteiger partial charge in [0.25, 0.3) is 11.1 Å². The summed E-state index contributed by atoms with van der Waals surface area (Å²) in [7, 11) is 1.56. The van der Waals surface area contributed by atoms with Crippen molar-refractivity contribution >= 4 is 52.2 Å². The minimum Gasteiger partial charge on any atom is -0.493 e. The lowest BCUT2D eigenvalue weighted by Gasteiger charge is -2.13. The predicted molar refractivity (Wildman–Crippen MR) is 132 cm³/mol. The molecular weight excluding hydrogens is 481 g/mol. The molecule has 2 amide bonds. The van der Waals surface area contributed by atoms with Gasteiger partial charge in [0.15, 0.2) is 11.5 Å². The van der Waals surface area contributed by atoms with Crippen molar-refractivity contribution in [2.24, 2.45) is 0 Å². The summed E-state index contributed by atoms with van der Waals surface area (Å²) in [6.45, 7) is 0.520. The number of hydrogen-bond acceptors (Lipinski definition) is 5. The van der Waals surface area contributed by atoms with Crippen LogP contribution in [0.1, 0.15) is 16.7 Å². The van der Waals surface area contributed by atoms with Crippen LogP contribution in [0, 0.1) is 0 Å². The molecule has 4 rings (SSSR count). The van der Waals surface area contributed by atoms with Gasteiger partial charge in [-0.25, -0.2) is 0 Å². The summed E-state index contributed by atoms with van der Waals surface area (Å²) in [5.74, 6) is 0.762. The third kappa shape index (κ3) is 5.71. The largest absolute Gasteiger partial charge is 0.493 e. The highest BCUT2D eigenvalue weighted by Crippen LogP contribution is 2.35. The summed E-state index contributed by atoms with van der Waals surface area (Å²) >= 11 is 12.8. The predicted octanol–water partition coefficient (Wildman–Crippen LogP) is 6.82. The van der Waals surface area contributed by atoms with E-state index in [-0.39, 0.29) is 17.7 Å². The molecule has 1 fully saturated rings. The van der Waals surface area contributed by atoms with E-state index in [1.54, 1.807) is 67.8 Å². The fraction of sp³-hybridized carbons (Fsp3) is 0.120. The Morgan fingerprint density at radius 1 is 0.879 bits per heavy atom. The molecule has 3 aromatic rings. The summed E-state index contributed by atoms with van der Waals surface area (Å²) in [5.41, 5.74) is 2.50. The number of methoxy groups -OCH3 is 1. The highest BCUT2D eigenvalue weighted by molar-refractivity contribution is 8.18. The molecule has 1 heterocycles. The second-order valence-corrected chi connectivity index (χ2v) is 9.09. The molecule has 0 aromatic heterocycles. The van der Waals surface area contributed by atoms with E-state index >= 15 is 0 Å². The summed E-state index contributed by atoms with van der Waals surface area (Å²) in [6, 6.07) is 19.8. The van der Waals surface area contributed by atoms with Gasteiger partial charge in [-0.3, -0.25) is 14.5 Å². The van der Waals surface area contributed by atoms with E-state index in [2.05, 4.69) is 0 Å². The van der Waals surface area contributed by atoms with Crippen molar-refractivity contribution in [1.82, 2.24) is 4.90 Å². The Balaban J connectivity index is 1.51. The van der Waals surface area contributed by atoms with Gasteiger partial charge in [-0.15, -0.1) is 0 Å². The average molecular weight is 500 g/mol. The van der Waals surface area contributed by atoms with Crippen molar-refractivity contribution in [3.05, 3.63) is 98.4 Å². The van der Waals surface area contributed by atoms with E-state index in [0.29, 0.717) is 33.1 Å². The van der Waals surface area contributed by atoms with E-state index < -0.39 is 0 Å². The maximum Gasteiger partial charge on any atom is 0.293 e. The van der Waals surface area contributed by atoms with Crippen LogP contribution in [0.15, 0.2) is 71.6 Å². The molecule has 1 aliphatic heterocycles. The zero-order valence-corrected chi connectivity index (χ0v) is 19.9. The molecule has 0 aliphatic carbocycles. The second-order valence-electron chi connectivity index (χ2n) is 7.22. The van der Waals surface area contributed by atoms with Gasteiger partial charge in [0.2, 0.25) is 0 Å². The highest BCUT2D eigenvalue weighted by atomic mass is 35.5. The van der Waals surface area contributed by atoms with Gasteiger partial charge in [-0.05, 0) is 70.9 Å². The highest BCUT2D eigenvalue weighted by Gasteiger charge is 2.35.